The Hall–Kier alpha value is -2.40. The SMILES string of the molecule is CCn1c(=O)oc2cc(C(O)c3cccc(F)c3)ccc21. The number of hydrogen-bond donors (Lipinski definition) is 1. The minimum atomic E-state index is -0.972. The zero-order chi connectivity index (χ0) is 15.0. The Bertz CT molecular complexity index is 850. The summed E-state index contributed by atoms with van der Waals surface area (Å²) < 4.78 is 19.9. The third kappa shape index (κ3) is 2.36. The zero-order valence-corrected chi connectivity index (χ0v) is 11.4. The molecule has 0 spiro atoms. The highest BCUT2D eigenvalue weighted by molar-refractivity contribution is 5.74. The fourth-order valence-electron chi connectivity index (χ4n) is 2.42. The number of benzene rings is 2. The summed E-state index contributed by atoms with van der Waals surface area (Å²) in [5.41, 5.74) is 2.09. The molecule has 0 radical (unpaired) electrons. The Morgan fingerprint density at radius 3 is 2.71 bits per heavy atom. The predicted octanol–water partition coefficient (Wildman–Crippen LogP) is 2.84. The van der Waals surface area contributed by atoms with Crippen LogP contribution in [0.25, 0.3) is 11.1 Å². The van der Waals surface area contributed by atoms with Crippen LogP contribution in [0.4, 0.5) is 4.39 Å². The van der Waals surface area contributed by atoms with Gasteiger partial charge in [-0.1, -0.05) is 18.2 Å². The molecule has 108 valence electrons. The molecule has 1 unspecified atom stereocenters. The molecule has 0 amide bonds. The van der Waals surface area contributed by atoms with Crippen LogP contribution in [-0.4, -0.2) is 9.67 Å². The number of aliphatic hydroxyl groups is 1. The van der Waals surface area contributed by atoms with Crippen molar-refractivity contribution in [1.29, 1.82) is 0 Å². The average molecular weight is 287 g/mol. The van der Waals surface area contributed by atoms with E-state index in [2.05, 4.69) is 0 Å². The molecule has 21 heavy (non-hydrogen) atoms. The van der Waals surface area contributed by atoms with Gasteiger partial charge in [0.1, 0.15) is 11.9 Å². The Kier molecular flexibility index (Phi) is 3.35. The van der Waals surface area contributed by atoms with Gasteiger partial charge in [0.2, 0.25) is 0 Å². The first-order chi connectivity index (χ1) is 10.1. The van der Waals surface area contributed by atoms with Gasteiger partial charge in [0.25, 0.3) is 0 Å². The molecule has 0 saturated heterocycles. The van der Waals surface area contributed by atoms with E-state index in [9.17, 15) is 14.3 Å². The van der Waals surface area contributed by atoms with E-state index in [1.807, 2.05) is 6.92 Å². The molecule has 4 nitrogen and oxygen atoms in total. The van der Waals surface area contributed by atoms with Crippen LogP contribution in [-0.2, 0) is 6.54 Å². The van der Waals surface area contributed by atoms with Crippen molar-refractivity contribution in [3.63, 3.8) is 0 Å². The van der Waals surface area contributed by atoms with Gasteiger partial charge in [-0.2, -0.15) is 0 Å². The molecule has 2 aromatic carbocycles. The van der Waals surface area contributed by atoms with E-state index in [4.69, 9.17) is 4.42 Å². The number of nitrogens with zero attached hydrogens (tertiary/aromatic N) is 1. The van der Waals surface area contributed by atoms with Crippen LogP contribution in [0, 0.1) is 5.82 Å². The Morgan fingerprint density at radius 1 is 1.24 bits per heavy atom. The maximum absolute atomic E-state index is 13.2. The summed E-state index contributed by atoms with van der Waals surface area (Å²) in [7, 11) is 0. The number of rotatable bonds is 3. The highest BCUT2D eigenvalue weighted by Gasteiger charge is 2.14. The van der Waals surface area contributed by atoms with Crippen LogP contribution in [0.3, 0.4) is 0 Å². The van der Waals surface area contributed by atoms with Crippen molar-refractivity contribution in [2.75, 3.05) is 0 Å². The lowest BCUT2D eigenvalue weighted by atomic mass is 10.0. The molecule has 3 rings (SSSR count). The summed E-state index contributed by atoms with van der Waals surface area (Å²) in [6, 6.07) is 10.8. The van der Waals surface area contributed by atoms with Crippen LogP contribution in [0.5, 0.6) is 0 Å². The lowest BCUT2D eigenvalue weighted by molar-refractivity contribution is 0.220. The summed E-state index contributed by atoms with van der Waals surface area (Å²) in [6.07, 6.45) is -0.972. The monoisotopic (exact) mass is 287 g/mol. The largest absolute Gasteiger partial charge is 0.419 e. The lowest BCUT2D eigenvalue weighted by Gasteiger charge is -2.11. The number of fused-ring (bicyclic) bond motifs is 1. The van der Waals surface area contributed by atoms with Crippen LogP contribution in [0.1, 0.15) is 24.2 Å². The lowest BCUT2D eigenvalue weighted by Crippen LogP contribution is -2.11. The van der Waals surface area contributed by atoms with E-state index >= 15 is 0 Å². The van der Waals surface area contributed by atoms with Crippen molar-refractivity contribution in [3.8, 4) is 0 Å². The second-order valence-corrected chi connectivity index (χ2v) is 4.80. The van der Waals surface area contributed by atoms with Crippen LogP contribution < -0.4 is 5.76 Å². The van der Waals surface area contributed by atoms with E-state index in [1.165, 1.54) is 16.7 Å². The van der Waals surface area contributed by atoms with Crippen molar-refractivity contribution in [2.24, 2.45) is 0 Å². The van der Waals surface area contributed by atoms with Gasteiger partial charge in [-0.3, -0.25) is 4.57 Å². The van der Waals surface area contributed by atoms with Gasteiger partial charge in [0, 0.05) is 6.54 Å². The van der Waals surface area contributed by atoms with Crippen molar-refractivity contribution < 1.29 is 13.9 Å². The molecule has 0 saturated carbocycles. The van der Waals surface area contributed by atoms with Crippen LogP contribution in [0.2, 0.25) is 0 Å². The van der Waals surface area contributed by atoms with E-state index in [0.717, 1.165) is 0 Å². The molecule has 5 heteroatoms. The fourth-order valence-corrected chi connectivity index (χ4v) is 2.42. The number of aliphatic hydroxyl groups excluding tert-OH is 1. The number of oxazole rings is 1. The maximum atomic E-state index is 13.2. The Morgan fingerprint density at radius 2 is 2.00 bits per heavy atom. The summed E-state index contributed by atoms with van der Waals surface area (Å²) in [6.45, 7) is 2.36. The number of hydrogen-bond acceptors (Lipinski definition) is 3. The van der Waals surface area contributed by atoms with Gasteiger partial charge in [0.05, 0.1) is 5.52 Å². The predicted molar refractivity (Wildman–Crippen MR) is 76.6 cm³/mol. The molecule has 1 aromatic heterocycles. The van der Waals surface area contributed by atoms with E-state index < -0.39 is 17.7 Å². The second kappa shape index (κ2) is 5.18. The smallest absolute Gasteiger partial charge is 0.408 e. The van der Waals surface area contributed by atoms with Gasteiger partial charge >= 0.3 is 5.76 Å². The summed E-state index contributed by atoms with van der Waals surface area (Å²) in [5.74, 6) is -0.832. The quantitative estimate of drug-likeness (QED) is 0.806. The molecule has 0 aliphatic heterocycles. The normalized spacial score (nSPS) is 12.7. The van der Waals surface area contributed by atoms with Gasteiger partial charge in [-0.15, -0.1) is 0 Å². The van der Waals surface area contributed by atoms with E-state index in [-0.39, 0.29) is 0 Å². The first-order valence-electron chi connectivity index (χ1n) is 6.67. The fraction of sp³-hybridized carbons (Fsp3) is 0.188. The third-order valence-electron chi connectivity index (χ3n) is 3.49. The molecular formula is C16H14FNO3. The number of aryl methyl sites for hydroxylation is 1. The van der Waals surface area contributed by atoms with E-state index in [0.29, 0.717) is 28.8 Å². The summed E-state index contributed by atoms with van der Waals surface area (Å²) in [5, 5.41) is 10.3. The zero-order valence-electron chi connectivity index (χ0n) is 11.4. The Labute approximate surface area is 120 Å². The minimum absolute atomic E-state index is 0.406. The standard InChI is InChI=1S/C16H14FNO3/c1-2-18-13-7-6-11(9-14(13)21-16(18)20)15(19)10-4-3-5-12(17)8-10/h3-9,15,19H,2H2,1H3. The van der Waals surface area contributed by atoms with Crippen LogP contribution in [0.15, 0.2) is 51.7 Å². The first kappa shape index (κ1) is 13.6. The van der Waals surface area contributed by atoms with Crippen molar-refractivity contribution >= 4 is 11.1 Å². The van der Waals surface area contributed by atoms with Crippen molar-refractivity contribution in [3.05, 3.63) is 70.0 Å². The molecule has 0 aliphatic carbocycles. The van der Waals surface area contributed by atoms with Gasteiger partial charge < -0.3 is 9.52 Å². The number of halogens is 1. The maximum Gasteiger partial charge on any atom is 0.419 e. The van der Waals surface area contributed by atoms with Gasteiger partial charge in [-0.25, -0.2) is 9.18 Å². The molecule has 0 aliphatic rings. The highest BCUT2D eigenvalue weighted by Crippen LogP contribution is 2.25. The molecule has 3 aromatic rings. The molecule has 1 N–H and O–H groups in total. The molecular weight excluding hydrogens is 273 g/mol. The van der Waals surface area contributed by atoms with Gasteiger partial charge in [-0.05, 0) is 42.3 Å². The van der Waals surface area contributed by atoms with E-state index in [1.54, 1.807) is 30.3 Å². The Balaban J connectivity index is 2.07. The highest BCUT2D eigenvalue weighted by atomic mass is 19.1. The topological polar surface area (TPSA) is 55.4 Å². The van der Waals surface area contributed by atoms with Crippen molar-refractivity contribution in [2.45, 2.75) is 19.6 Å². The minimum Gasteiger partial charge on any atom is -0.408 e. The number of aromatic nitrogens is 1. The molecule has 0 bridgehead atoms. The molecule has 0 fully saturated rings. The average Bonchev–Trinajstić information content (AvgIpc) is 2.80. The third-order valence-corrected chi connectivity index (χ3v) is 3.49. The van der Waals surface area contributed by atoms with Crippen LogP contribution >= 0.6 is 0 Å². The molecule has 1 atom stereocenters. The molecule has 1 heterocycles. The second-order valence-electron chi connectivity index (χ2n) is 4.80. The summed E-state index contributed by atoms with van der Waals surface area (Å²) >= 11 is 0. The first-order valence-corrected chi connectivity index (χ1v) is 6.67. The van der Waals surface area contributed by atoms with Crippen molar-refractivity contribution in [1.82, 2.24) is 4.57 Å². The van der Waals surface area contributed by atoms with Gasteiger partial charge in [0.15, 0.2) is 5.58 Å². The summed E-state index contributed by atoms with van der Waals surface area (Å²) in [4.78, 5) is 11.6.